The van der Waals surface area contributed by atoms with Gasteiger partial charge in [-0.05, 0) is 78.3 Å². The normalized spacial score (nSPS) is 17.6. The number of benzene rings is 3. The van der Waals surface area contributed by atoms with Gasteiger partial charge < -0.3 is 19.5 Å². The number of halogens is 1. The highest BCUT2D eigenvalue weighted by Crippen LogP contribution is 2.32. The first-order valence-electron chi connectivity index (χ1n) is 15.4. The number of carbonyl (C=O) groups is 2. The molecule has 2 aliphatic carbocycles. The van der Waals surface area contributed by atoms with Crippen molar-refractivity contribution in [2.24, 2.45) is 0 Å². The van der Waals surface area contributed by atoms with Crippen LogP contribution in [0, 0.1) is 0 Å². The number of carbonyl (C=O) groups excluding carboxylic acids is 2. The molecule has 0 saturated carbocycles. The molecule has 226 valence electrons. The number of rotatable bonds is 12. The summed E-state index contributed by atoms with van der Waals surface area (Å²) < 4.78 is 18.2. The van der Waals surface area contributed by atoms with Gasteiger partial charge in [0.25, 0.3) is 5.91 Å². The lowest BCUT2D eigenvalue weighted by molar-refractivity contribution is 0.0187. The summed E-state index contributed by atoms with van der Waals surface area (Å²) in [5, 5.41) is 5.68. The van der Waals surface area contributed by atoms with Gasteiger partial charge in [0.15, 0.2) is 0 Å². The second-order valence-electron chi connectivity index (χ2n) is 11.2. The highest BCUT2D eigenvalue weighted by atomic mass is 35.5. The highest BCUT2D eigenvalue weighted by molar-refractivity contribution is 6.29. The summed E-state index contributed by atoms with van der Waals surface area (Å²) in [5.41, 5.74) is 3.02. The fraction of sp³-hybridized carbons (Fsp3) is 0.389. The first-order chi connectivity index (χ1) is 21.0. The first-order valence-corrected chi connectivity index (χ1v) is 15.8. The second kappa shape index (κ2) is 14.6. The Morgan fingerprint density at radius 3 is 2.35 bits per heavy atom. The van der Waals surface area contributed by atoms with Gasteiger partial charge in [0.05, 0.1) is 24.8 Å². The van der Waals surface area contributed by atoms with Crippen LogP contribution in [0.15, 0.2) is 65.7 Å². The van der Waals surface area contributed by atoms with E-state index in [1.165, 1.54) is 0 Å². The van der Waals surface area contributed by atoms with Gasteiger partial charge in [-0.1, -0.05) is 80.8 Å². The van der Waals surface area contributed by atoms with Crippen molar-refractivity contribution in [3.05, 3.63) is 88.0 Å². The fourth-order valence-electron chi connectivity index (χ4n) is 5.46. The molecule has 0 bridgehead atoms. The van der Waals surface area contributed by atoms with E-state index >= 15 is 0 Å². The third kappa shape index (κ3) is 7.61. The minimum atomic E-state index is -0.640. The van der Waals surface area contributed by atoms with Crippen LogP contribution in [0.2, 0.25) is 0 Å². The van der Waals surface area contributed by atoms with Crippen LogP contribution in [0.5, 0.6) is 11.5 Å². The molecule has 0 saturated heterocycles. The number of esters is 1. The number of aryl methyl sites for hydroxylation is 1. The molecule has 1 amide bonds. The lowest BCUT2D eigenvalue weighted by Crippen LogP contribution is -2.46. The Kier molecular flexibility index (Phi) is 10.4. The number of nitrogens with one attached hydrogen (secondary N) is 1. The van der Waals surface area contributed by atoms with Crippen LogP contribution in [-0.2, 0) is 11.2 Å². The predicted octanol–water partition coefficient (Wildman–Crippen LogP) is 8.40. The van der Waals surface area contributed by atoms with Gasteiger partial charge >= 0.3 is 5.97 Å². The summed E-state index contributed by atoms with van der Waals surface area (Å²) in [6.07, 6.45) is 11.7. The molecule has 5 rings (SSSR count). The minimum absolute atomic E-state index is 0.279. The number of allylic oxidation sites excluding steroid dienone is 1. The van der Waals surface area contributed by atoms with E-state index in [4.69, 9.17) is 25.8 Å². The molecular weight excluding hydrogens is 562 g/mol. The maximum atomic E-state index is 13.7. The minimum Gasteiger partial charge on any atom is -0.493 e. The summed E-state index contributed by atoms with van der Waals surface area (Å²) >= 11 is 6.44. The van der Waals surface area contributed by atoms with Crippen LogP contribution in [0.1, 0.15) is 90.6 Å². The van der Waals surface area contributed by atoms with Crippen molar-refractivity contribution in [3.8, 4) is 11.5 Å². The molecule has 6 nitrogen and oxygen atoms in total. The standard InChI is InChI=1S/C36H40ClNO5/c1-3-5-17-41-32-21-26-13-9-7-11-24(26)19-29(32)35(39)38-31-16-15-28(37)23-34(31)43-36(40)30-20-25-12-8-10-14-27(25)22-33(30)42-18-6-4-2/h7,9-11,13-15,19-22,31,34H,3-6,8,12,16-18,23H2,1-2H3,(H,38,39). The van der Waals surface area contributed by atoms with Crippen molar-refractivity contribution >= 4 is 40.3 Å². The van der Waals surface area contributed by atoms with E-state index in [-0.39, 0.29) is 5.91 Å². The van der Waals surface area contributed by atoms with E-state index in [2.05, 4.69) is 31.3 Å². The average molecular weight is 602 g/mol. The zero-order chi connectivity index (χ0) is 30.2. The van der Waals surface area contributed by atoms with Crippen molar-refractivity contribution in [1.82, 2.24) is 5.32 Å². The molecule has 2 aliphatic rings. The predicted molar refractivity (Wildman–Crippen MR) is 172 cm³/mol. The monoisotopic (exact) mass is 601 g/mol. The first kappa shape index (κ1) is 30.7. The average Bonchev–Trinajstić information content (AvgIpc) is 3.01. The number of unbranched alkanes of at least 4 members (excludes halogenated alkanes) is 2. The number of hydrogen-bond donors (Lipinski definition) is 1. The molecule has 2 atom stereocenters. The molecular formula is C36H40ClNO5. The van der Waals surface area contributed by atoms with Gasteiger partial charge in [-0.3, -0.25) is 4.79 Å². The van der Waals surface area contributed by atoms with E-state index in [0.29, 0.717) is 53.7 Å². The van der Waals surface area contributed by atoms with Crippen LogP contribution in [-0.4, -0.2) is 37.2 Å². The molecule has 0 heterocycles. The number of hydrogen-bond acceptors (Lipinski definition) is 5. The maximum Gasteiger partial charge on any atom is 0.342 e. The Labute approximate surface area is 259 Å². The molecule has 0 spiro atoms. The van der Waals surface area contributed by atoms with Crippen LogP contribution < -0.4 is 14.8 Å². The summed E-state index contributed by atoms with van der Waals surface area (Å²) in [7, 11) is 0. The lowest BCUT2D eigenvalue weighted by Gasteiger charge is -2.31. The molecule has 2 unspecified atom stereocenters. The molecule has 3 aromatic rings. The van der Waals surface area contributed by atoms with Gasteiger partial charge in [-0.25, -0.2) is 4.79 Å². The Balaban J connectivity index is 1.38. The van der Waals surface area contributed by atoms with E-state index in [1.54, 1.807) is 0 Å². The third-order valence-corrected chi connectivity index (χ3v) is 8.26. The van der Waals surface area contributed by atoms with Gasteiger partial charge in [-0.2, -0.15) is 0 Å². The topological polar surface area (TPSA) is 73.9 Å². The van der Waals surface area contributed by atoms with Crippen molar-refractivity contribution < 1.29 is 23.8 Å². The van der Waals surface area contributed by atoms with Crippen LogP contribution in [0.3, 0.4) is 0 Å². The van der Waals surface area contributed by atoms with Crippen LogP contribution in [0.25, 0.3) is 16.8 Å². The SMILES string of the molecule is CCCCOc1cc2ccccc2cc1C(=O)NC1CC=C(Cl)CC1OC(=O)c1cc2c(cc1OCCCC)C=CCC2. The second-order valence-corrected chi connectivity index (χ2v) is 11.7. The van der Waals surface area contributed by atoms with Gasteiger partial charge in [-0.15, -0.1) is 0 Å². The number of amides is 1. The number of ether oxygens (including phenoxy) is 3. The number of fused-ring (bicyclic) bond motifs is 2. The molecule has 0 radical (unpaired) electrons. The smallest absolute Gasteiger partial charge is 0.342 e. The van der Waals surface area contributed by atoms with E-state index < -0.39 is 18.1 Å². The third-order valence-electron chi connectivity index (χ3n) is 7.96. The summed E-state index contributed by atoms with van der Waals surface area (Å²) in [4.78, 5) is 27.4. The molecule has 43 heavy (non-hydrogen) atoms. The van der Waals surface area contributed by atoms with Crippen molar-refractivity contribution in [2.75, 3.05) is 13.2 Å². The van der Waals surface area contributed by atoms with Crippen LogP contribution in [0.4, 0.5) is 0 Å². The van der Waals surface area contributed by atoms with Gasteiger partial charge in [0.1, 0.15) is 23.2 Å². The Hall–Kier alpha value is -3.77. The Morgan fingerprint density at radius 2 is 1.63 bits per heavy atom. The van der Waals surface area contributed by atoms with Crippen molar-refractivity contribution in [3.63, 3.8) is 0 Å². The van der Waals surface area contributed by atoms with Gasteiger partial charge in [0.2, 0.25) is 0 Å². The van der Waals surface area contributed by atoms with Crippen molar-refractivity contribution in [2.45, 2.75) is 77.4 Å². The highest BCUT2D eigenvalue weighted by Gasteiger charge is 2.32. The van der Waals surface area contributed by atoms with E-state index in [1.807, 2.05) is 54.6 Å². The molecule has 3 aromatic carbocycles. The van der Waals surface area contributed by atoms with E-state index in [0.717, 1.165) is 60.4 Å². The van der Waals surface area contributed by atoms with Crippen molar-refractivity contribution in [1.29, 1.82) is 0 Å². The zero-order valence-corrected chi connectivity index (χ0v) is 25.8. The maximum absolute atomic E-state index is 13.7. The largest absolute Gasteiger partial charge is 0.493 e. The van der Waals surface area contributed by atoms with Gasteiger partial charge in [0, 0.05) is 11.5 Å². The van der Waals surface area contributed by atoms with Crippen LogP contribution >= 0.6 is 11.6 Å². The molecule has 7 heteroatoms. The summed E-state index contributed by atoms with van der Waals surface area (Å²) in [6, 6.07) is 15.0. The Morgan fingerprint density at radius 1 is 0.930 bits per heavy atom. The lowest BCUT2D eigenvalue weighted by atomic mass is 9.94. The fourth-order valence-corrected chi connectivity index (χ4v) is 5.70. The molecule has 0 aliphatic heterocycles. The van der Waals surface area contributed by atoms with E-state index in [9.17, 15) is 9.59 Å². The molecule has 0 aromatic heterocycles. The summed E-state index contributed by atoms with van der Waals surface area (Å²) in [5.74, 6) is 0.305. The quantitative estimate of drug-likeness (QED) is 0.167. The zero-order valence-electron chi connectivity index (χ0n) is 25.0. The summed E-state index contributed by atoms with van der Waals surface area (Å²) in [6.45, 7) is 5.24. The molecule has 1 N–H and O–H groups in total. The molecule has 0 fully saturated rings. The Bertz CT molecular complexity index is 1530.